The van der Waals surface area contributed by atoms with Crippen LogP contribution in [0.5, 0.6) is 0 Å². The van der Waals surface area contributed by atoms with E-state index in [0.29, 0.717) is 0 Å². The average molecular weight is 335 g/mol. The van der Waals surface area contributed by atoms with Gasteiger partial charge in [0.1, 0.15) is 5.84 Å². The van der Waals surface area contributed by atoms with Crippen molar-refractivity contribution in [1.82, 2.24) is 5.32 Å². The van der Waals surface area contributed by atoms with Crippen LogP contribution in [0.3, 0.4) is 0 Å². The van der Waals surface area contributed by atoms with E-state index in [9.17, 15) is 0 Å². The van der Waals surface area contributed by atoms with Crippen molar-refractivity contribution in [2.45, 2.75) is 11.8 Å². The third-order valence-electron chi connectivity index (χ3n) is 3.12. The summed E-state index contributed by atoms with van der Waals surface area (Å²) in [6.45, 7) is 3.97. The molecule has 0 aromatic heterocycles. The van der Waals surface area contributed by atoms with Gasteiger partial charge in [0.05, 0.1) is 17.1 Å². The van der Waals surface area contributed by atoms with E-state index in [1.165, 1.54) is 21.1 Å². The van der Waals surface area contributed by atoms with Crippen LogP contribution in [0.2, 0.25) is 0 Å². The van der Waals surface area contributed by atoms with Gasteiger partial charge in [0.15, 0.2) is 0 Å². The molecule has 0 spiro atoms. The summed E-state index contributed by atoms with van der Waals surface area (Å²) in [6, 6.07) is 6.57. The molecule has 2 aliphatic heterocycles. The van der Waals surface area contributed by atoms with Crippen molar-refractivity contribution in [2.24, 2.45) is 4.99 Å². The number of aliphatic imine (C=N–C) groups is 1. The van der Waals surface area contributed by atoms with Gasteiger partial charge in [-0.3, -0.25) is 4.99 Å². The number of thioether (sulfide) groups is 1. The lowest BCUT2D eigenvalue weighted by atomic mass is 10.2. The van der Waals surface area contributed by atoms with Gasteiger partial charge in [-0.05, 0) is 24.6 Å². The van der Waals surface area contributed by atoms with E-state index in [1.807, 2.05) is 0 Å². The number of carbonyl (C=O) groups is 2. The number of aliphatic carboxylic acids is 2. The van der Waals surface area contributed by atoms with Crippen molar-refractivity contribution in [3.8, 4) is 0 Å². The monoisotopic (exact) mass is 335 g/mol. The normalized spacial score (nSPS) is 15.5. The first-order valence-corrected chi connectivity index (χ1v) is 7.68. The molecule has 0 aliphatic carbocycles. The van der Waals surface area contributed by atoms with Crippen LogP contribution in [0.4, 0.5) is 5.69 Å². The molecule has 0 amide bonds. The van der Waals surface area contributed by atoms with Crippen molar-refractivity contribution in [3.63, 3.8) is 0 Å². The summed E-state index contributed by atoms with van der Waals surface area (Å²) in [5.74, 6) is -2.61. The Morgan fingerprint density at radius 1 is 1.30 bits per heavy atom. The maximum Gasteiger partial charge on any atom is 0.414 e. The molecule has 0 unspecified atom stereocenters. The van der Waals surface area contributed by atoms with Gasteiger partial charge in [0.2, 0.25) is 0 Å². The predicted octanol–water partition coefficient (Wildman–Crippen LogP) is 1.54. The number of nitrogens with one attached hydrogen (secondary N) is 1. The van der Waals surface area contributed by atoms with E-state index in [4.69, 9.17) is 19.8 Å². The van der Waals surface area contributed by atoms with Gasteiger partial charge in [-0.25, -0.2) is 9.59 Å². The van der Waals surface area contributed by atoms with E-state index in [0.717, 1.165) is 18.9 Å². The van der Waals surface area contributed by atoms with Gasteiger partial charge >= 0.3 is 11.9 Å². The fraction of sp³-hybridized carbons (Fsp3) is 0.267. The Morgan fingerprint density at radius 3 is 2.57 bits per heavy atom. The zero-order valence-corrected chi connectivity index (χ0v) is 13.6. The van der Waals surface area contributed by atoms with Crippen LogP contribution in [0.1, 0.15) is 5.56 Å². The minimum absolute atomic E-state index is 0.887. The quantitative estimate of drug-likeness (QED) is 0.669. The second-order valence-corrected chi connectivity index (χ2v) is 6.03. The van der Waals surface area contributed by atoms with Crippen molar-refractivity contribution in [3.05, 3.63) is 34.9 Å². The predicted molar refractivity (Wildman–Crippen MR) is 89.1 cm³/mol. The second-order valence-electron chi connectivity index (χ2n) is 4.94. The topological polar surface area (TPSA) is 102 Å². The van der Waals surface area contributed by atoms with Crippen LogP contribution in [-0.4, -0.2) is 48.1 Å². The fourth-order valence-electron chi connectivity index (χ4n) is 2.05. The largest absolute Gasteiger partial charge is 0.473 e. The summed E-state index contributed by atoms with van der Waals surface area (Å²) >= 11 is 1.79. The van der Waals surface area contributed by atoms with Gasteiger partial charge in [-0.15, -0.1) is 0 Å². The van der Waals surface area contributed by atoms with Gasteiger partial charge < -0.3 is 20.4 Å². The Morgan fingerprint density at radius 2 is 2.00 bits per heavy atom. The Hall–Kier alpha value is -2.48. The number of aryl methyl sites for hydroxylation is 1. The smallest absolute Gasteiger partial charge is 0.414 e. The maximum atomic E-state index is 9.10. The molecule has 0 saturated heterocycles. The Kier molecular flexibility index (Phi) is 5.28. The lowest BCUT2D eigenvalue weighted by molar-refractivity contribution is -0.159. The van der Waals surface area contributed by atoms with E-state index < -0.39 is 11.9 Å². The zero-order valence-electron chi connectivity index (χ0n) is 12.7. The van der Waals surface area contributed by atoms with Crippen LogP contribution < -0.4 is 10.2 Å². The molecular formula is C15H17N3O4S. The van der Waals surface area contributed by atoms with Crippen LogP contribution >= 0.6 is 11.8 Å². The molecular weight excluding hydrogens is 318 g/mol. The van der Waals surface area contributed by atoms with Crippen LogP contribution in [0, 0.1) is 6.92 Å². The fourth-order valence-corrected chi connectivity index (χ4v) is 3.18. The molecule has 0 atom stereocenters. The first kappa shape index (κ1) is 16.9. The van der Waals surface area contributed by atoms with Gasteiger partial charge in [0, 0.05) is 24.7 Å². The van der Waals surface area contributed by atoms with Crippen LogP contribution in [-0.2, 0) is 9.59 Å². The summed E-state index contributed by atoms with van der Waals surface area (Å²) in [6.07, 6.45) is 2.16. The number of carboxylic acid groups (broad SMARTS) is 2. The molecule has 0 bridgehead atoms. The molecule has 7 nitrogen and oxygen atoms in total. The third kappa shape index (κ3) is 4.26. The van der Waals surface area contributed by atoms with Crippen molar-refractivity contribution < 1.29 is 19.8 Å². The summed E-state index contributed by atoms with van der Waals surface area (Å²) in [4.78, 5) is 27.4. The van der Waals surface area contributed by atoms with E-state index >= 15 is 0 Å². The second kappa shape index (κ2) is 7.19. The zero-order chi connectivity index (χ0) is 17.0. The molecule has 1 aromatic rings. The number of carboxylic acids is 2. The first-order chi connectivity index (χ1) is 10.9. The number of rotatable bonds is 1. The standard InChI is InChI=1S/C13H15N3S.C2H2O4/c1-9-3-4-11-10(7-9)16(2)8-12(17-11)13-14-5-6-15-13;3-1(4)2(5)6/h3-4,7-8H,5-6H2,1-2H3,(H,14,15);(H,3,4)(H,5,6). The summed E-state index contributed by atoms with van der Waals surface area (Å²) in [7, 11) is 2.09. The van der Waals surface area contributed by atoms with Gasteiger partial charge in [0.25, 0.3) is 0 Å². The van der Waals surface area contributed by atoms with Gasteiger partial charge in [-0.2, -0.15) is 0 Å². The average Bonchev–Trinajstić information content (AvgIpc) is 3.02. The summed E-state index contributed by atoms with van der Waals surface area (Å²) < 4.78 is 0. The Bertz CT molecular complexity index is 688. The van der Waals surface area contributed by atoms with Crippen LogP contribution in [0.25, 0.3) is 0 Å². The summed E-state index contributed by atoms with van der Waals surface area (Å²) in [5.41, 5.74) is 2.57. The van der Waals surface area contributed by atoms with E-state index in [-0.39, 0.29) is 0 Å². The number of hydrogen-bond donors (Lipinski definition) is 3. The SMILES string of the molecule is Cc1ccc2c(c1)N(C)C=C(C1=NCCN1)S2.O=C(O)C(=O)O. The number of nitrogens with zero attached hydrogens (tertiary/aromatic N) is 2. The number of fused-ring (bicyclic) bond motifs is 1. The molecule has 3 N–H and O–H groups in total. The summed E-state index contributed by atoms with van der Waals surface area (Å²) in [5, 5.41) is 18.1. The molecule has 122 valence electrons. The maximum absolute atomic E-state index is 9.10. The number of anilines is 1. The van der Waals surface area contributed by atoms with Crippen molar-refractivity contribution in [2.75, 3.05) is 25.0 Å². The van der Waals surface area contributed by atoms with Crippen molar-refractivity contribution >= 4 is 35.2 Å². The first-order valence-electron chi connectivity index (χ1n) is 6.86. The minimum Gasteiger partial charge on any atom is -0.473 e. The molecule has 2 heterocycles. The molecule has 0 fully saturated rings. The highest BCUT2D eigenvalue weighted by Gasteiger charge is 2.20. The molecule has 0 saturated carbocycles. The highest BCUT2D eigenvalue weighted by molar-refractivity contribution is 8.04. The van der Waals surface area contributed by atoms with Crippen molar-refractivity contribution in [1.29, 1.82) is 0 Å². The molecule has 23 heavy (non-hydrogen) atoms. The van der Waals surface area contributed by atoms with E-state index in [2.05, 4.69) is 53.6 Å². The highest BCUT2D eigenvalue weighted by atomic mass is 32.2. The molecule has 3 rings (SSSR count). The minimum atomic E-state index is -1.82. The molecule has 2 aliphatic rings. The van der Waals surface area contributed by atoms with E-state index in [1.54, 1.807) is 11.8 Å². The van der Waals surface area contributed by atoms with Gasteiger partial charge in [-0.1, -0.05) is 17.8 Å². The number of hydrogen-bond acceptors (Lipinski definition) is 6. The highest BCUT2D eigenvalue weighted by Crippen LogP contribution is 2.40. The number of amidine groups is 1. The molecule has 0 radical (unpaired) electrons. The lowest BCUT2D eigenvalue weighted by Crippen LogP contribution is -2.23. The lowest BCUT2D eigenvalue weighted by Gasteiger charge is -2.25. The number of benzene rings is 1. The Labute approximate surface area is 137 Å². The third-order valence-corrected chi connectivity index (χ3v) is 4.20. The molecule has 8 heteroatoms. The van der Waals surface area contributed by atoms with Crippen LogP contribution in [0.15, 0.2) is 39.2 Å². The Balaban J connectivity index is 0.000000277. The molecule has 1 aromatic carbocycles.